The molecule has 744 valence electrons. The van der Waals surface area contributed by atoms with E-state index < -0.39 is 38.2 Å². The number of carbonyl (C=O) groups excluding carboxylic acids is 3. The molecule has 125 heavy (non-hydrogen) atoms. The molecule has 0 aromatic rings. The molecule has 5 aliphatic carbocycles. The van der Waals surface area contributed by atoms with Gasteiger partial charge in [0.25, 0.3) is 0 Å². The van der Waals surface area contributed by atoms with E-state index in [1.807, 2.05) is 93.4 Å². The van der Waals surface area contributed by atoms with E-state index in [0.29, 0.717) is 76.5 Å². The fourth-order valence-corrected chi connectivity index (χ4v) is 15.1. The van der Waals surface area contributed by atoms with E-state index in [-0.39, 0.29) is 158 Å². The number of hydrogen-bond donors (Lipinski definition) is 8. The number of carbonyl (C=O) groups is 3. The number of allylic oxidation sites excluding steroid dienone is 1. The van der Waals surface area contributed by atoms with Crippen molar-refractivity contribution in [1.29, 1.82) is 0 Å². The molecule has 7 unspecified atom stereocenters. The summed E-state index contributed by atoms with van der Waals surface area (Å²) in [6.45, 7) is 57.4. The summed E-state index contributed by atoms with van der Waals surface area (Å²) in [5, 5.41) is 37.8. The van der Waals surface area contributed by atoms with Crippen molar-refractivity contribution >= 4 is 90.8 Å². The van der Waals surface area contributed by atoms with Gasteiger partial charge in [0.05, 0.1) is 102 Å². The van der Waals surface area contributed by atoms with E-state index in [1.165, 1.54) is 18.9 Å². The first-order valence-corrected chi connectivity index (χ1v) is 48.3. The number of halogens is 2. The summed E-state index contributed by atoms with van der Waals surface area (Å²) in [7, 11) is -3.37. The summed E-state index contributed by atoms with van der Waals surface area (Å²) in [6.07, 6.45) is 36.8. The van der Waals surface area contributed by atoms with Crippen LogP contribution in [0.25, 0.3) is 0 Å². The van der Waals surface area contributed by atoms with Gasteiger partial charge in [-0.05, 0) is 227 Å². The topological polar surface area (TPSA) is 373 Å². The average Bonchev–Trinajstić information content (AvgIpc) is 1.76. The Kier molecular flexibility index (Phi) is 87.8. The van der Waals surface area contributed by atoms with E-state index in [4.69, 9.17) is 95.0 Å². The molecule has 6 saturated heterocycles. The van der Waals surface area contributed by atoms with Crippen molar-refractivity contribution in [1.82, 2.24) is 10.0 Å². The third-order valence-electron chi connectivity index (χ3n) is 20.5. The Morgan fingerprint density at radius 1 is 0.512 bits per heavy atom. The van der Waals surface area contributed by atoms with E-state index >= 15 is 0 Å². The number of nitrogens with one attached hydrogen (secondary N) is 2. The van der Waals surface area contributed by atoms with Crippen LogP contribution in [-0.4, -0.2) is 221 Å². The van der Waals surface area contributed by atoms with Crippen LogP contribution in [-0.2, 0) is 121 Å². The molecule has 0 radical (unpaired) electrons. The fraction of sp³-hybridized carbons (Fsp3) is 0.839. The van der Waals surface area contributed by atoms with Crippen molar-refractivity contribution in [2.24, 2.45) is 44.9 Å². The Morgan fingerprint density at radius 3 is 1.02 bits per heavy atom. The first kappa shape index (κ1) is 139. The van der Waals surface area contributed by atoms with Crippen molar-refractivity contribution < 1.29 is 121 Å². The maximum atomic E-state index is 12.4. The van der Waals surface area contributed by atoms with Crippen LogP contribution in [0.5, 0.6) is 0 Å². The average molecular weight is 2010 g/mol. The monoisotopic (exact) mass is 2010 g/mol. The predicted molar refractivity (Wildman–Crippen MR) is 526 cm³/mol. The van der Waals surface area contributed by atoms with Crippen molar-refractivity contribution in [3.8, 4) is 0 Å². The van der Waals surface area contributed by atoms with E-state index in [2.05, 4.69) is 83.8 Å². The summed E-state index contributed by atoms with van der Waals surface area (Å²) < 4.78 is 104. The zero-order valence-corrected chi connectivity index (χ0v) is 83.1. The number of ether oxygens (including phenoxy) is 11. The van der Waals surface area contributed by atoms with Crippen molar-refractivity contribution in [3.63, 3.8) is 0 Å². The molecule has 6 aliphatic heterocycles. The van der Waals surface area contributed by atoms with Crippen molar-refractivity contribution in [3.05, 3.63) is 69.9 Å². The van der Waals surface area contributed by atoms with Gasteiger partial charge in [0.15, 0.2) is 28.9 Å². The number of nitrogens with zero attached hydrogens (tertiary/aromatic N) is 1. The van der Waals surface area contributed by atoms with Crippen LogP contribution in [0.3, 0.4) is 0 Å². The Labute approximate surface area is 803 Å². The molecule has 0 bridgehead atoms. The molecule has 26 nitrogen and oxygen atoms in total. The Balaban J connectivity index is -0.000000207. The normalized spacial score (nSPS) is 23.1. The molecular weight excluding hydrogens is 1830 g/mol. The molecule has 6 heterocycles. The molecule has 0 aromatic carbocycles. The maximum Gasteiger partial charge on any atom is 0.244 e. The van der Waals surface area contributed by atoms with Gasteiger partial charge in [0.2, 0.25) is 11.1 Å². The second-order valence-corrected chi connectivity index (χ2v) is 41.4. The third kappa shape index (κ3) is 62.8. The minimum Gasteiger partial charge on any atom is -0.552 e. The van der Waals surface area contributed by atoms with Crippen LogP contribution in [0.1, 0.15) is 308 Å². The van der Waals surface area contributed by atoms with Gasteiger partial charge in [-0.25, -0.2) is 24.0 Å². The zero-order chi connectivity index (χ0) is 90.6. The predicted octanol–water partition coefficient (Wildman–Crippen LogP) is 18.2. The van der Waals surface area contributed by atoms with Gasteiger partial charge in [-0.1, -0.05) is 111 Å². The quantitative estimate of drug-likeness (QED) is 0.00727. The minimum atomic E-state index is -1.18. The molecule has 0 aromatic heterocycles. The van der Waals surface area contributed by atoms with Crippen molar-refractivity contribution in [2.45, 2.75) is 373 Å². The summed E-state index contributed by atoms with van der Waals surface area (Å²) >= 11 is 7.11. The van der Waals surface area contributed by atoms with Gasteiger partial charge in [0, 0.05) is 153 Å². The maximum absolute atomic E-state index is 12.4. The number of rotatable bonds is 18. The SMILES string of the molecule is C.C.C.C.C.C=CC(=O)Cl.C=CCC(N)C1CCC2(CC1)OCCO2.C=CCC(NC(=O)C=C)C1CCC2(CC1)OCCO2.C=CCC(NS(=O)C(C)(C)C)C1CCC2(CC1)OCCO2.CC(C)(C)S(=O)N=CC1CCC2(CC1)OCCO2.CC(C)(C)S(N)=O.CCC(C)I.CCO.CCO.CCO.CCO.O=CC1CCC2(CC1)OCCO2.[CH-]1CCCO1.[Ti]. The van der Waals surface area contributed by atoms with E-state index in [9.17, 15) is 27.0 Å². The van der Waals surface area contributed by atoms with E-state index in [1.54, 1.807) is 27.7 Å². The molecular formula is C93H184ClIN5O21S3Ti-. The summed E-state index contributed by atoms with van der Waals surface area (Å²) in [4.78, 5) is 31.4. The molecule has 1 amide bonds. The minimum absolute atomic E-state index is 0. The molecule has 11 fully saturated rings. The van der Waals surface area contributed by atoms with Gasteiger partial charge < -0.3 is 88.4 Å². The van der Waals surface area contributed by atoms with Gasteiger partial charge in [-0.2, -0.15) is 10.8 Å². The number of nitrogens with two attached hydrogens (primary N) is 2. The number of amides is 1. The van der Waals surface area contributed by atoms with Gasteiger partial charge in [-0.15, -0.1) is 19.7 Å². The summed E-state index contributed by atoms with van der Waals surface area (Å²) in [6, 6.07) is 0.629. The Hall–Kier alpha value is -1.36. The van der Waals surface area contributed by atoms with Crippen molar-refractivity contribution in [2.75, 3.05) is 99.1 Å². The van der Waals surface area contributed by atoms with E-state index in [0.717, 1.165) is 190 Å². The Bertz CT molecular complexity index is 2730. The van der Waals surface area contributed by atoms with Crippen LogP contribution in [0.2, 0.25) is 0 Å². The number of hydrogen-bond acceptors (Lipinski definition) is 22. The van der Waals surface area contributed by atoms with Crippen LogP contribution in [0, 0.1) is 36.2 Å². The number of aliphatic hydroxyl groups excluding tert-OH is 4. The van der Waals surface area contributed by atoms with Crippen LogP contribution in [0.15, 0.2) is 67.7 Å². The van der Waals surface area contributed by atoms with Crippen LogP contribution >= 0.6 is 34.2 Å². The third-order valence-corrected chi connectivity index (χ3v) is 25.7. The van der Waals surface area contributed by atoms with Crippen LogP contribution in [0.4, 0.5) is 0 Å². The Morgan fingerprint density at radius 2 is 0.792 bits per heavy atom. The van der Waals surface area contributed by atoms with Crippen LogP contribution < -0.4 is 20.9 Å². The first-order valence-electron chi connectivity index (χ1n) is 43.2. The van der Waals surface area contributed by atoms with Gasteiger partial charge in [0.1, 0.15) is 17.3 Å². The molecule has 11 aliphatic rings. The van der Waals surface area contributed by atoms with Gasteiger partial charge >= 0.3 is 0 Å². The summed E-state index contributed by atoms with van der Waals surface area (Å²) in [5.41, 5.74) is 6.09. The molecule has 11 rings (SSSR count). The molecule has 32 heteroatoms. The smallest absolute Gasteiger partial charge is 0.244 e. The second kappa shape index (κ2) is 78.9. The number of aliphatic hydroxyl groups is 4. The molecule has 7 atom stereocenters. The number of alkyl halides is 1. The molecule has 5 spiro atoms. The second-order valence-electron chi connectivity index (χ2n) is 33.2. The largest absolute Gasteiger partial charge is 0.552 e. The summed E-state index contributed by atoms with van der Waals surface area (Å²) in [5.74, 6) is 0.598. The zero-order valence-electron chi connectivity index (χ0n) is 76.2. The number of aldehydes is 1. The molecule has 5 saturated carbocycles. The van der Waals surface area contributed by atoms with Gasteiger partial charge in [-0.3, -0.25) is 14.7 Å². The fourth-order valence-electron chi connectivity index (χ4n) is 13.6. The standard InChI is InChI=1S/C16H29NO3S.C15H23NO3.C13H23NO3S.C12H21NO2.C9H14O3.C4H9I.C4H11NOS.C4H7O.C3H3ClO.4C2H6O.5CH4.Ti/c1-5-6-14(17-21(18)15(2,3)4)13-7-9-16(10-8-13)19-11-12-20-16;1-3-5-13(16-14(17)4-2)12-6-8-15(9-7-12)18-10-11-19-15;1-12(2,3)18(15)14-10-11-4-6-13(7-5-11)16-8-9-17-13;1-2-3-11(13)10-4-6-12(7-5-10)14-8-9-15-12;10-7-8-1-3-9(4-2-8)11-5-6-12-9;1-3-4(2)5;1-4(2,3)7(5)6;1-2-4-5-3-1;1-2-3(4)5;4*1-2-3;;;;;;/h5,13-14,17H,1,6-12H2,2-4H3;3-4,12-13H,1-2,5-11H2,(H,16,17);10-11H,4-9H2,1-3H3;2,10-11H,1,3-9,13H2;7-8H,1-6H2;4H,3H2,1-2H3;5H2,1-3H3;3H,1-2,4H2;2H,1H2;4*3H,2H2,1H3;5*1H4;/q;;;;;;;-1;;;;;;;;;;;. The molecule has 10 N–H and O–H groups in total. The first-order chi connectivity index (χ1) is 56.2.